The van der Waals surface area contributed by atoms with E-state index in [1.807, 2.05) is 55.5 Å². The number of alkyl halides is 3. The Morgan fingerprint density at radius 3 is 2.41 bits per heavy atom. The quantitative estimate of drug-likeness (QED) is 0.260. The molecule has 0 atom stereocenters. The van der Waals surface area contributed by atoms with E-state index in [2.05, 4.69) is 25.5 Å². The molecule has 0 fully saturated rings. The molecule has 1 aromatic heterocycles. The SMILES string of the molecule is Cc1ccccc1NC(=O)NCCCCc1ccc(-c2ncn(-c3ccc(OC(F)(F)F)cc3)n2)cc1. The van der Waals surface area contributed by atoms with Gasteiger partial charge in [0.1, 0.15) is 12.1 Å². The van der Waals surface area contributed by atoms with E-state index in [9.17, 15) is 18.0 Å². The van der Waals surface area contributed by atoms with Gasteiger partial charge >= 0.3 is 12.4 Å². The Hall–Kier alpha value is -4.34. The highest BCUT2D eigenvalue weighted by Crippen LogP contribution is 2.24. The maximum Gasteiger partial charge on any atom is 0.573 e. The first-order valence-corrected chi connectivity index (χ1v) is 11.7. The minimum Gasteiger partial charge on any atom is -0.406 e. The van der Waals surface area contributed by atoms with Crippen molar-refractivity contribution in [2.75, 3.05) is 11.9 Å². The van der Waals surface area contributed by atoms with Crippen LogP contribution in [0.25, 0.3) is 17.1 Å². The predicted octanol–water partition coefficient (Wildman–Crippen LogP) is 6.29. The van der Waals surface area contributed by atoms with Crippen molar-refractivity contribution in [3.63, 3.8) is 0 Å². The number of para-hydroxylation sites is 1. The van der Waals surface area contributed by atoms with Gasteiger partial charge < -0.3 is 15.4 Å². The molecule has 10 heteroatoms. The van der Waals surface area contributed by atoms with Gasteiger partial charge in [0.15, 0.2) is 5.82 Å². The van der Waals surface area contributed by atoms with Gasteiger partial charge in [0.25, 0.3) is 0 Å². The highest BCUT2D eigenvalue weighted by Gasteiger charge is 2.31. The topological polar surface area (TPSA) is 81.1 Å². The molecule has 192 valence electrons. The number of nitrogens with one attached hydrogen (secondary N) is 2. The van der Waals surface area contributed by atoms with Gasteiger partial charge in [-0.2, -0.15) is 0 Å². The highest BCUT2D eigenvalue weighted by molar-refractivity contribution is 5.89. The lowest BCUT2D eigenvalue weighted by atomic mass is 10.1. The van der Waals surface area contributed by atoms with Gasteiger partial charge in [-0.25, -0.2) is 14.5 Å². The smallest absolute Gasteiger partial charge is 0.406 e. The molecular formula is C27H26F3N5O2. The average molecular weight is 510 g/mol. The van der Waals surface area contributed by atoms with Crippen LogP contribution in [-0.4, -0.2) is 33.7 Å². The minimum atomic E-state index is -4.73. The summed E-state index contributed by atoms with van der Waals surface area (Å²) in [6.07, 6.45) is -0.587. The van der Waals surface area contributed by atoms with Gasteiger partial charge in [0.05, 0.1) is 5.69 Å². The van der Waals surface area contributed by atoms with E-state index in [-0.39, 0.29) is 11.8 Å². The molecule has 2 amide bonds. The third-order valence-corrected chi connectivity index (χ3v) is 5.61. The molecule has 1 heterocycles. The molecule has 0 saturated carbocycles. The zero-order valence-electron chi connectivity index (χ0n) is 20.1. The first-order chi connectivity index (χ1) is 17.8. The fraction of sp³-hybridized carbons (Fsp3) is 0.222. The van der Waals surface area contributed by atoms with Crippen molar-refractivity contribution >= 4 is 11.7 Å². The molecule has 0 unspecified atom stereocenters. The lowest BCUT2D eigenvalue weighted by Gasteiger charge is -2.09. The number of nitrogens with zero attached hydrogens (tertiary/aromatic N) is 3. The molecule has 4 aromatic rings. The molecule has 3 aromatic carbocycles. The van der Waals surface area contributed by atoms with Crippen molar-refractivity contribution in [2.45, 2.75) is 32.5 Å². The normalized spacial score (nSPS) is 11.2. The van der Waals surface area contributed by atoms with E-state index in [1.54, 1.807) is 0 Å². The van der Waals surface area contributed by atoms with Crippen LogP contribution in [0.3, 0.4) is 0 Å². The van der Waals surface area contributed by atoms with Crippen LogP contribution >= 0.6 is 0 Å². The van der Waals surface area contributed by atoms with Gasteiger partial charge in [0, 0.05) is 17.8 Å². The van der Waals surface area contributed by atoms with E-state index in [4.69, 9.17) is 0 Å². The first-order valence-electron chi connectivity index (χ1n) is 11.7. The summed E-state index contributed by atoms with van der Waals surface area (Å²) in [5.41, 5.74) is 4.36. The van der Waals surface area contributed by atoms with Crippen LogP contribution in [0, 0.1) is 6.92 Å². The molecule has 0 bridgehead atoms. The van der Waals surface area contributed by atoms with Crippen LogP contribution in [0.5, 0.6) is 5.75 Å². The highest BCUT2D eigenvalue weighted by atomic mass is 19.4. The van der Waals surface area contributed by atoms with E-state index >= 15 is 0 Å². The van der Waals surface area contributed by atoms with Gasteiger partial charge in [-0.1, -0.05) is 42.5 Å². The molecule has 0 radical (unpaired) electrons. The number of amides is 2. The molecule has 37 heavy (non-hydrogen) atoms. The Kier molecular flexibility index (Phi) is 8.07. The summed E-state index contributed by atoms with van der Waals surface area (Å²) in [6.45, 7) is 2.53. The molecule has 4 rings (SSSR count). The van der Waals surface area contributed by atoms with E-state index in [0.717, 1.165) is 41.6 Å². The number of unbranched alkanes of at least 4 members (excludes halogenated alkanes) is 1. The number of ether oxygens (including phenoxy) is 1. The number of carbonyl (C=O) groups is 1. The Labute approximate surface area is 212 Å². The zero-order valence-corrected chi connectivity index (χ0v) is 20.1. The van der Waals surface area contributed by atoms with Gasteiger partial charge in [-0.3, -0.25) is 0 Å². The summed E-state index contributed by atoms with van der Waals surface area (Å²) in [6, 6.07) is 20.7. The molecular weight excluding hydrogens is 483 g/mol. The number of urea groups is 1. The van der Waals surface area contributed by atoms with Gasteiger partial charge in [0.2, 0.25) is 0 Å². The summed E-state index contributed by atoms with van der Waals surface area (Å²) in [5.74, 6) is 0.208. The zero-order chi connectivity index (χ0) is 26.3. The maximum absolute atomic E-state index is 12.3. The van der Waals surface area contributed by atoms with E-state index < -0.39 is 6.36 Å². The fourth-order valence-corrected chi connectivity index (χ4v) is 3.68. The van der Waals surface area contributed by atoms with Crippen LogP contribution in [0.2, 0.25) is 0 Å². The lowest BCUT2D eigenvalue weighted by molar-refractivity contribution is -0.274. The van der Waals surface area contributed by atoms with Crippen molar-refractivity contribution in [1.82, 2.24) is 20.1 Å². The second kappa shape index (κ2) is 11.6. The van der Waals surface area contributed by atoms with Gasteiger partial charge in [-0.15, -0.1) is 18.3 Å². The Morgan fingerprint density at radius 2 is 1.70 bits per heavy atom. The van der Waals surface area contributed by atoms with Crippen molar-refractivity contribution in [1.29, 1.82) is 0 Å². The van der Waals surface area contributed by atoms with Crippen molar-refractivity contribution in [2.24, 2.45) is 0 Å². The second-order valence-corrected chi connectivity index (χ2v) is 8.40. The standard InChI is InChI=1S/C27H26F3N5O2/c1-19-6-2-3-8-24(19)33-26(36)31-17-5-4-7-20-9-11-21(12-10-20)25-32-18-35(34-25)22-13-15-23(16-14-22)37-27(28,29)30/h2-3,6,8-16,18H,4-5,7,17H2,1H3,(H2,31,33,36). The molecule has 0 aliphatic heterocycles. The number of hydrogen-bond acceptors (Lipinski definition) is 4. The van der Waals surface area contributed by atoms with Gasteiger partial charge in [-0.05, 0) is 67.6 Å². The molecule has 0 saturated heterocycles. The Balaban J connectivity index is 1.22. The monoisotopic (exact) mass is 509 g/mol. The third kappa shape index (κ3) is 7.57. The number of carbonyl (C=O) groups excluding carboxylic acids is 1. The number of anilines is 1. The molecule has 0 spiro atoms. The summed E-state index contributed by atoms with van der Waals surface area (Å²) in [7, 11) is 0. The lowest BCUT2D eigenvalue weighted by Crippen LogP contribution is -2.29. The first kappa shape index (κ1) is 25.7. The second-order valence-electron chi connectivity index (χ2n) is 8.40. The Bertz CT molecular complexity index is 1320. The van der Waals surface area contributed by atoms with Crippen LogP contribution in [0.1, 0.15) is 24.0 Å². The van der Waals surface area contributed by atoms with Crippen molar-refractivity contribution < 1.29 is 22.7 Å². The van der Waals surface area contributed by atoms with E-state index in [1.165, 1.54) is 35.3 Å². The van der Waals surface area contributed by atoms with Crippen LogP contribution in [0.4, 0.5) is 23.7 Å². The largest absolute Gasteiger partial charge is 0.573 e. The Morgan fingerprint density at radius 1 is 0.973 bits per heavy atom. The van der Waals surface area contributed by atoms with Crippen LogP contribution < -0.4 is 15.4 Å². The molecule has 2 N–H and O–H groups in total. The molecule has 0 aliphatic rings. The number of rotatable bonds is 9. The number of halogens is 3. The molecule has 7 nitrogen and oxygen atoms in total. The summed E-state index contributed by atoms with van der Waals surface area (Å²) < 4.78 is 42.4. The number of hydrogen-bond donors (Lipinski definition) is 2. The van der Waals surface area contributed by atoms with Crippen molar-refractivity contribution in [3.05, 3.63) is 90.3 Å². The number of benzene rings is 3. The average Bonchev–Trinajstić information content (AvgIpc) is 3.35. The van der Waals surface area contributed by atoms with E-state index in [0.29, 0.717) is 18.1 Å². The van der Waals surface area contributed by atoms with Crippen LogP contribution in [0.15, 0.2) is 79.1 Å². The van der Waals surface area contributed by atoms with Crippen LogP contribution in [-0.2, 0) is 6.42 Å². The van der Waals surface area contributed by atoms with Crippen molar-refractivity contribution in [3.8, 4) is 22.8 Å². The number of aromatic nitrogens is 3. The maximum atomic E-state index is 12.3. The minimum absolute atomic E-state index is 0.212. The third-order valence-electron chi connectivity index (χ3n) is 5.61. The summed E-state index contributed by atoms with van der Waals surface area (Å²) in [4.78, 5) is 16.4. The fourth-order valence-electron chi connectivity index (χ4n) is 3.68. The summed E-state index contributed by atoms with van der Waals surface area (Å²) >= 11 is 0. The summed E-state index contributed by atoms with van der Waals surface area (Å²) in [5, 5.41) is 10.2. The molecule has 0 aliphatic carbocycles. The number of aryl methyl sites for hydroxylation is 2. The predicted molar refractivity (Wildman–Crippen MR) is 135 cm³/mol.